The fourth-order valence-electron chi connectivity index (χ4n) is 2.23. The third-order valence-corrected chi connectivity index (χ3v) is 3.68. The average molecular weight is 307 g/mol. The van der Waals surface area contributed by atoms with E-state index in [1.165, 1.54) is 18.2 Å². The van der Waals surface area contributed by atoms with Crippen molar-refractivity contribution in [2.45, 2.75) is 18.9 Å². The Bertz CT molecular complexity index is 428. The molecule has 6 heteroatoms. The highest BCUT2D eigenvalue weighted by Gasteiger charge is 2.26. The molecule has 3 nitrogen and oxygen atoms in total. The summed E-state index contributed by atoms with van der Waals surface area (Å²) in [5.41, 5.74) is -0.0120. The van der Waals surface area contributed by atoms with E-state index in [-0.39, 0.29) is 28.9 Å². The lowest BCUT2D eigenvalue weighted by atomic mass is 10.0. The average Bonchev–Trinajstić information content (AvgIpc) is 2.38. The monoisotopic (exact) mass is 306 g/mol. The van der Waals surface area contributed by atoms with Crippen LogP contribution in [0.4, 0.5) is 4.39 Å². The number of carbonyl (C=O) groups excluding carboxylic acids is 1. The van der Waals surface area contributed by atoms with Crippen molar-refractivity contribution in [3.8, 4) is 0 Å². The van der Waals surface area contributed by atoms with Crippen molar-refractivity contribution >= 4 is 29.9 Å². The van der Waals surface area contributed by atoms with Gasteiger partial charge in [-0.15, -0.1) is 12.4 Å². The Balaban J connectivity index is 0.00000180. The second kappa shape index (κ2) is 7.08. The highest BCUT2D eigenvalue weighted by Crippen LogP contribution is 2.22. The third-order valence-electron chi connectivity index (χ3n) is 3.37. The molecule has 1 aromatic rings. The van der Waals surface area contributed by atoms with Crippen LogP contribution >= 0.6 is 24.0 Å². The highest BCUT2D eigenvalue weighted by molar-refractivity contribution is 6.33. The number of hydrogen-bond acceptors (Lipinski definition) is 2. The smallest absolute Gasteiger partial charge is 0.258 e. The lowest BCUT2D eigenvalue weighted by Gasteiger charge is -2.32. The number of rotatable bonds is 2. The molecule has 0 aliphatic carbocycles. The molecule has 0 bridgehead atoms. The molecular formula is C13H17Cl2FN2O. The Kier molecular flexibility index (Phi) is 6.04. The van der Waals surface area contributed by atoms with E-state index in [9.17, 15) is 9.18 Å². The highest BCUT2D eigenvalue weighted by atomic mass is 35.5. The summed E-state index contributed by atoms with van der Waals surface area (Å²) in [5, 5.41) is 3.36. The molecule has 1 aromatic carbocycles. The van der Waals surface area contributed by atoms with Gasteiger partial charge < -0.3 is 10.2 Å². The van der Waals surface area contributed by atoms with Crippen LogP contribution in [-0.2, 0) is 0 Å². The van der Waals surface area contributed by atoms with Gasteiger partial charge in [0.05, 0.1) is 10.6 Å². The SMILES string of the molecule is CNC1CCN(C(=O)c2c(F)cccc2Cl)CC1.Cl. The molecular weight excluding hydrogens is 290 g/mol. The number of benzene rings is 1. The lowest BCUT2D eigenvalue weighted by Crippen LogP contribution is -2.44. The van der Waals surface area contributed by atoms with Crippen LogP contribution in [-0.4, -0.2) is 37.0 Å². The number of piperidine rings is 1. The molecule has 1 N–H and O–H groups in total. The molecule has 1 amide bonds. The topological polar surface area (TPSA) is 32.3 Å². The number of amides is 1. The number of nitrogens with zero attached hydrogens (tertiary/aromatic N) is 1. The molecule has 0 saturated carbocycles. The number of halogens is 3. The molecule has 0 radical (unpaired) electrons. The van der Waals surface area contributed by atoms with Gasteiger partial charge in [0, 0.05) is 19.1 Å². The van der Waals surface area contributed by atoms with Crippen LogP contribution in [0.1, 0.15) is 23.2 Å². The molecule has 106 valence electrons. The quantitative estimate of drug-likeness (QED) is 0.911. The number of likely N-dealkylation sites (tertiary alicyclic amines) is 1. The predicted molar refractivity (Wildman–Crippen MR) is 76.6 cm³/mol. The van der Waals surface area contributed by atoms with E-state index in [0.717, 1.165) is 12.8 Å². The Morgan fingerprint density at radius 1 is 1.42 bits per heavy atom. The summed E-state index contributed by atoms with van der Waals surface area (Å²) < 4.78 is 13.7. The van der Waals surface area contributed by atoms with Crippen molar-refractivity contribution in [2.24, 2.45) is 0 Å². The molecule has 1 fully saturated rings. The molecule has 1 heterocycles. The Morgan fingerprint density at radius 3 is 2.58 bits per heavy atom. The van der Waals surface area contributed by atoms with Crippen LogP contribution in [0, 0.1) is 5.82 Å². The van der Waals surface area contributed by atoms with Crippen LogP contribution < -0.4 is 5.32 Å². The molecule has 1 aliphatic rings. The summed E-state index contributed by atoms with van der Waals surface area (Å²) in [6.07, 6.45) is 1.77. The summed E-state index contributed by atoms with van der Waals surface area (Å²) in [4.78, 5) is 13.9. The molecule has 0 unspecified atom stereocenters. The summed E-state index contributed by atoms with van der Waals surface area (Å²) >= 11 is 5.90. The first-order valence-electron chi connectivity index (χ1n) is 6.04. The van der Waals surface area contributed by atoms with E-state index >= 15 is 0 Å². The van der Waals surface area contributed by atoms with Gasteiger partial charge in [-0.3, -0.25) is 4.79 Å². The maximum absolute atomic E-state index is 13.7. The minimum Gasteiger partial charge on any atom is -0.338 e. The zero-order valence-corrected chi connectivity index (χ0v) is 12.2. The van der Waals surface area contributed by atoms with Gasteiger partial charge in [-0.1, -0.05) is 17.7 Å². The summed E-state index contributed by atoms with van der Waals surface area (Å²) in [6, 6.07) is 4.74. The van der Waals surface area contributed by atoms with Gasteiger partial charge in [0.15, 0.2) is 0 Å². The van der Waals surface area contributed by atoms with Crippen molar-refractivity contribution in [1.29, 1.82) is 0 Å². The van der Waals surface area contributed by atoms with E-state index in [0.29, 0.717) is 19.1 Å². The molecule has 19 heavy (non-hydrogen) atoms. The van der Waals surface area contributed by atoms with E-state index in [1.54, 1.807) is 4.90 Å². The maximum Gasteiger partial charge on any atom is 0.258 e. The Hall–Kier alpha value is -0.840. The number of hydrogen-bond donors (Lipinski definition) is 1. The largest absolute Gasteiger partial charge is 0.338 e. The molecule has 2 rings (SSSR count). The second-order valence-corrected chi connectivity index (χ2v) is 4.86. The van der Waals surface area contributed by atoms with Gasteiger partial charge in [-0.05, 0) is 32.0 Å². The molecule has 0 aromatic heterocycles. The Morgan fingerprint density at radius 2 is 2.05 bits per heavy atom. The van der Waals surface area contributed by atoms with Gasteiger partial charge >= 0.3 is 0 Å². The lowest BCUT2D eigenvalue weighted by molar-refractivity contribution is 0.0703. The fourth-order valence-corrected chi connectivity index (χ4v) is 2.48. The predicted octanol–water partition coefficient (Wildman–Crippen LogP) is 2.72. The van der Waals surface area contributed by atoms with Crippen molar-refractivity contribution in [3.63, 3.8) is 0 Å². The summed E-state index contributed by atoms with van der Waals surface area (Å²) in [5.74, 6) is -0.865. The van der Waals surface area contributed by atoms with Crippen LogP contribution in [0.5, 0.6) is 0 Å². The van der Waals surface area contributed by atoms with Gasteiger partial charge in [0.25, 0.3) is 5.91 Å². The van der Waals surface area contributed by atoms with E-state index in [1.807, 2.05) is 7.05 Å². The number of nitrogens with one attached hydrogen (secondary N) is 1. The van der Waals surface area contributed by atoms with Gasteiger partial charge in [-0.2, -0.15) is 0 Å². The standard InChI is InChI=1S/C13H16ClFN2O.ClH/c1-16-9-5-7-17(8-6-9)13(18)12-10(14)3-2-4-11(12)15;/h2-4,9,16H,5-8H2,1H3;1H. The van der Waals surface area contributed by atoms with E-state index in [4.69, 9.17) is 11.6 Å². The Labute approximate surface area is 123 Å². The van der Waals surface area contributed by atoms with Gasteiger partial charge in [0.1, 0.15) is 5.82 Å². The minimum absolute atomic E-state index is 0. The molecule has 0 spiro atoms. The molecule has 1 saturated heterocycles. The van der Waals surface area contributed by atoms with Crippen molar-refractivity contribution in [1.82, 2.24) is 10.2 Å². The van der Waals surface area contributed by atoms with E-state index < -0.39 is 5.82 Å². The van der Waals surface area contributed by atoms with Crippen molar-refractivity contribution < 1.29 is 9.18 Å². The molecule has 1 aliphatic heterocycles. The number of carbonyl (C=O) groups is 1. The minimum atomic E-state index is -0.553. The zero-order chi connectivity index (χ0) is 13.1. The molecule has 0 atom stereocenters. The zero-order valence-electron chi connectivity index (χ0n) is 10.7. The van der Waals surface area contributed by atoms with Gasteiger partial charge in [-0.25, -0.2) is 4.39 Å². The van der Waals surface area contributed by atoms with Crippen LogP contribution in [0.2, 0.25) is 5.02 Å². The van der Waals surface area contributed by atoms with Gasteiger partial charge in [0.2, 0.25) is 0 Å². The summed E-state index contributed by atoms with van der Waals surface area (Å²) in [6.45, 7) is 1.27. The van der Waals surface area contributed by atoms with Crippen LogP contribution in [0.25, 0.3) is 0 Å². The normalized spacial score (nSPS) is 16.1. The van der Waals surface area contributed by atoms with Crippen LogP contribution in [0.15, 0.2) is 18.2 Å². The van der Waals surface area contributed by atoms with E-state index in [2.05, 4.69) is 5.32 Å². The fraction of sp³-hybridized carbons (Fsp3) is 0.462. The first-order chi connectivity index (χ1) is 8.63. The summed E-state index contributed by atoms with van der Waals surface area (Å²) in [7, 11) is 1.91. The first-order valence-corrected chi connectivity index (χ1v) is 6.42. The first kappa shape index (κ1) is 16.2. The van der Waals surface area contributed by atoms with Crippen molar-refractivity contribution in [3.05, 3.63) is 34.6 Å². The third kappa shape index (κ3) is 3.59. The van der Waals surface area contributed by atoms with Crippen LogP contribution in [0.3, 0.4) is 0 Å². The van der Waals surface area contributed by atoms with Crippen molar-refractivity contribution in [2.75, 3.05) is 20.1 Å². The second-order valence-electron chi connectivity index (χ2n) is 4.45. The maximum atomic E-state index is 13.7.